The first kappa shape index (κ1) is 38.8. The van der Waals surface area contributed by atoms with E-state index in [1.807, 2.05) is 18.2 Å². The van der Waals surface area contributed by atoms with Crippen LogP contribution in [0.4, 0.5) is 0 Å². The summed E-state index contributed by atoms with van der Waals surface area (Å²) in [7, 11) is 0. The molecule has 0 aliphatic rings. The number of fused-ring (bicyclic) bond motifs is 9. The van der Waals surface area contributed by atoms with Gasteiger partial charge in [0.25, 0.3) is 0 Å². The molecule has 0 unspecified atom stereocenters. The van der Waals surface area contributed by atoms with E-state index in [2.05, 4.69) is 238 Å². The largest absolute Gasteiger partial charge is 0.309 e. The molecule has 10 aromatic carbocycles. The summed E-state index contributed by atoms with van der Waals surface area (Å²) in [6.07, 6.45) is 0. The Kier molecular flexibility index (Phi) is 8.79. The van der Waals surface area contributed by atoms with Gasteiger partial charge in [-0.05, 0) is 89.5 Å². The number of benzene rings is 10. The Morgan fingerprint density at radius 3 is 1.35 bits per heavy atom. The second-order valence-electron chi connectivity index (χ2n) is 17.6. The van der Waals surface area contributed by atoms with Gasteiger partial charge in [0, 0.05) is 54.7 Å². The van der Waals surface area contributed by atoms with E-state index in [4.69, 9.17) is 15.0 Å². The van der Waals surface area contributed by atoms with Crippen molar-refractivity contribution in [3.8, 4) is 62.4 Å². The SMILES string of the molecule is c1ccc(-c2ccc(-n3c4ccccc4c4cc5c6ccccc6n(-c6nc(-c7ccccc7)nc(-c7ccc8c(c7)c7ccccc7n8-c7ccccc7)n6)c5cc43)c(-c3ccccc3)c2)cc1. The standard InChI is InChI=1S/C63H40N6/c1-5-19-41(20-6-1)44-33-35-57(50(37-44)42-21-7-2-8-22-42)68-55-31-17-14-28-48(55)52-39-53-49-29-15-18-32-56(49)69(60(53)40-59(52)68)63-65-61(43-23-9-3-10-24-43)64-62(66-63)45-34-36-58-51(38-45)47-27-13-16-30-54(47)67(58)46-25-11-4-12-26-46/h1-40H. The fourth-order valence-corrected chi connectivity index (χ4v) is 10.6. The van der Waals surface area contributed by atoms with Crippen molar-refractivity contribution in [3.63, 3.8) is 0 Å². The lowest BCUT2D eigenvalue weighted by Crippen LogP contribution is -2.06. The summed E-state index contributed by atoms with van der Waals surface area (Å²) in [5.41, 5.74) is 15.2. The summed E-state index contributed by atoms with van der Waals surface area (Å²) in [6.45, 7) is 0. The van der Waals surface area contributed by atoms with Crippen molar-refractivity contribution in [2.45, 2.75) is 0 Å². The molecule has 4 aromatic heterocycles. The average Bonchev–Trinajstić information content (AvgIpc) is 4.06. The fourth-order valence-electron chi connectivity index (χ4n) is 10.6. The smallest absolute Gasteiger partial charge is 0.238 e. The van der Waals surface area contributed by atoms with E-state index < -0.39 is 0 Å². The van der Waals surface area contributed by atoms with Crippen LogP contribution in [-0.4, -0.2) is 28.7 Å². The van der Waals surface area contributed by atoms with Gasteiger partial charge in [0.1, 0.15) is 0 Å². The molecule has 6 heteroatoms. The lowest BCUT2D eigenvalue weighted by Gasteiger charge is -2.16. The Hall–Kier alpha value is -9.39. The molecule has 0 aliphatic carbocycles. The number of nitrogens with zero attached hydrogens (tertiary/aromatic N) is 6. The molecule has 0 spiro atoms. The number of aromatic nitrogens is 6. The van der Waals surface area contributed by atoms with E-state index in [9.17, 15) is 0 Å². The van der Waals surface area contributed by atoms with Crippen LogP contribution in [0.2, 0.25) is 0 Å². The zero-order valence-corrected chi connectivity index (χ0v) is 37.3. The van der Waals surface area contributed by atoms with E-state index in [1.165, 1.54) is 27.3 Å². The second-order valence-corrected chi connectivity index (χ2v) is 17.6. The monoisotopic (exact) mass is 880 g/mol. The zero-order valence-electron chi connectivity index (χ0n) is 37.3. The van der Waals surface area contributed by atoms with Gasteiger partial charge in [-0.25, -0.2) is 4.98 Å². The van der Waals surface area contributed by atoms with Crippen LogP contribution < -0.4 is 0 Å². The molecule has 322 valence electrons. The summed E-state index contributed by atoms with van der Waals surface area (Å²) >= 11 is 0. The van der Waals surface area contributed by atoms with Gasteiger partial charge in [-0.1, -0.05) is 170 Å². The number of rotatable bonds is 7. The first-order valence-corrected chi connectivity index (χ1v) is 23.4. The van der Waals surface area contributed by atoms with Gasteiger partial charge < -0.3 is 9.13 Å². The molecular formula is C63H40N6. The third kappa shape index (κ3) is 6.23. The highest BCUT2D eigenvalue weighted by atomic mass is 15.2. The molecule has 0 saturated heterocycles. The maximum Gasteiger partial charge on any atom is 0.238 e. The molecule has 0 aliphatic heterocycles. The number of hydrogen-bond donors (Lipinski definition) is 0. The molecule has 0 atom stereocenters. The topological polar surface area (TPSA) is 53.5 Å². The zero-order chi connectivity index (χ0) is 45.4. The van der Waals surface area contributed by atoms with Crippen LogP contribution in [-0.2, 0) is 0 Å². The van der Waals surface area contributed by atoms with Gasteiger partial charge in [-0.3, -0.25) is 4.57 Å². The Morgan fingerprint density at radius 1 is 0.246 bits per heavy atom. The van der Waals surface area contributed by atoms with E-state index in [1.54, 1.807) is 0 Å². The Bertz CT molecular complexity index is 4280. The maximum atomic E-state index is 5.45. The highest BCUT2D eigenvalue weighted by Gasteiger charge is 2.23. The predicted molar refractivity (Wildman–Crippen MR) is 285 cm³/mol. The minimum absolute atomic E-state index is 0.552. The first-order chi connectivity index (χ1) is 34.2. The molecule has 0 radical (unpaired) electrons. The summed E-state index contributed by atoms with van der Waals surface area (Å²) in [6, 6.07) is 86.4. The van der Waals surface area contributed by atoms with Crippen LogP contribution in [0.15, 0.2) is 243 Å². The molecule has 0 amide bonds. The summed E-state index contributed by atoms with van der Waals surface area (Å²) < 4.78 is 7.01. The maximum absolute atomic E-state index is 5.45. The second kappa shape index (κ2) is 15.6. The van der Waals surface area contributed by atoms with Crippen LogP contribution in [0.5, 0.6) is 0 Å². The third-order valence-corrected chi connectivity index (χ3v) is 13.7. The molecule has 0 bridgehead atoms. The molecule has 0 saturated carbocycles. The predicted octanol–water partition coefficient (Wildman–Crippen LogP) is 15.8. The molecule has 69 heavy (non-hydrogen) atoms. The Morgan fingerprint density at radius 2 is 0.710 bits per heavy atom. The molecule has 6 nitrogen and oxygen atoms in total. The minimum Gasteiger partial charge on any atom is -0.309 e. The van der Waals surface area contributed by atoms with Gasteiger partial charge in [0.2, 0.25) is 5.95 Å². The highest BCUT2D eigenvalue weighted by Crippen LogP contribution is 2.43. The summed E-state index contributed by atoms with van der Waals surface area (Å²) in [5.74, 6) is 1.76. The van der Waals surface area contributed by atoms with Crippen molar-refractivity contribution in [1.29, 1.82) is 0 Å². The van der Waals surface area contributed by atoms with Gasteiger partial charge in [0.15, 0.2) is 11.6 Å². The molecule has 0 N–H and O–H groups in total. The fraction of sp³-hybridized carbons (Fsp3) is 0. The van der Waals surface area contributed by atoms with Crippen LogP contribution in [0, 0.1) is 0 Å². The first-order valence-electron chi connectivity index (χ1n) is 23.4. The highest BCUT2D eigenvalue weighted by molar-refractivity contribution is 6.19. The number of para-hydroxylation sites is 4. The molecule has 14 rings (SSSR count). The van der Waals surface area contributed by atoms with Gasteiger partial charge in [0.05, 0.1) is 38.8 Å². The van der Waals surface area contributed by atoms with Crippen LogP contribution in [0.25, 0.3) is 128 Å². The van der Waals surface area contributed by atoms with Gasteiger partial charge >= 0.3 is 0 Å². The van der Waals surface area contributed by atoms with Gasteiger partial charge in [-0.2, -0.15) is 9.97 Å². The van der Waals surface area contributed by atoms with Gasteiger partial charge in [-0.15, -0.1) is 0 Å². The summed E-state index contributed by atoms with van der Waals surface area (Å²) in [4.78, 5) is 16.0. The minimum atomic E-state index is 0.552. The lowest BCUT2D eigenvalue weighted by atomic mass is 9.97. The average molecular weight is 881 g/mol. The third-order valence-electron chi connectivity index (χ3n) is 13.7. The Balaban J connectivity index is 1.03. The summed E-state index contributed by atoms with van der Waals surface area (Å²) in [5, 5.41) is 6.92. The Labute approximate surface area is 397 Å². The van der Waals surface area contributed by atoms with E-state index >= 15 is 0 Å². The van der Waals surface area contributed by atoms with E-state index in [0.717, 1.165) is 82.9 Å². The van der Waals surface area contributed by atoms with Crippen molar-refractivity contribution in [2.75, 3.05) is 0 Å². The molecule has 0 fully saturated rings. The molecular weight excluding hydrogens is 841 g/mol. The molecule has 14 aromatic rings. The van der Waals surface area contributed by atoms with Crippen molar-refractivity contribution in [3.05, 3.63) is 243 Å². The van der Waals surface area contributed by atoms with Crippen LogP contribution >= 0.6 is 0 Å². The molecule has 4 heterocycles. The normalized spacial score (nSPS) is 11.8. The van der Waals surface area contributed by atoms with Crippen molar-refractivity contribution < 1.29 is 0 Å². The van der Waals surface area contributed by atoms with Crippen LogP contribution in [0.1, 0.15) is 0 Å². The van der Waals surface area contributed by atoms with E-state index in [0.29, 0.717) is 17.6 Å². The van der Waals surface area contributed by atoms with Crippen molar-refractivity contribution in [1.82, 2.24) is 28.7 Å². The quantitative estimate of drug-likeness (QED) is 0.160. The number of hydrogen-bond acceptors (Lipinski definition) is 3. The van der Waals surface area contributed by atoms with Crippen molar-refractivity contribution >= 4 is 65.4 Å². The lowest BCUT2D eigenvalue weighted by molar-refractivity contribution is 0.954. The van der Waals surface area contributed by atoms with E-state index in [-0.39, 0.29) is 0 Å². The van der Waals surface area contributed by atoms with Crippen LogP contribution in [0.3, 0.4) is 0 Å². The van der Waals surface area contributed by atoms with Crippen molar-refractivity contribution in [2.24, 2.45) is 0 Å².